The zero-order valence-corrected chi connectivity index (χ0v) is 13.1. The van der Waals surface area contributed by atoms with E-state index in [2.05, 4.69) is 4.74 Å². The van der Waals surface area contributed by atoms with Crippen molar-refractivity contribution < 1.29 is 31.8 Å². The van der Waals surface area contributed by atoms with Crippen LogP contribution in [0.25, 0.3) is 0 Å². The van der Waals surface area contributed by atoms with Gasteiger partial charge in [-0.05, 0) is 61.9 Å². The van der Waals surface area contributed by atoms with Gasteiger partial charge in [0.15, 0.2) is 5.83 Å². The van der Waals surface area contributed by atoms with Crippen LogP contribution in [0.5, 0.6) is 5.75 Å². The Balaban J connectivity index is 1.86. The van der Waals surface area contributed by atoms with E-state index in [4.69, 9.17) is 10.00 Å². The van der Waals surface area contributed by atoms with Crippen molar-refractivity contribution in [3.05, 3.63) is 41.7 Å². The number of hydrogen-bond acceptors (Lipinski definition) is 4. The van der Waals surface area contributed by atoms with Crippen molar-refractivity contribution in [3.63, 3.8) is 0 Å². The monoisotopic (exact) mass is 357 g/mol. The molecule has 0 aromatic heterocycles. The molecule has 1 aliphatic rings. The zero-order chi connectivity index (χ0) is 18.4. The normalized spacial score (nSPS) is 21.3. The van der Waals surface area contributed by atoms with Crippen molar-refractivity contribution in [2.75, 3.05) is 0 Å². The fourth-order valence-electron chi connectivity index (χ4n) is 2.63. The maximum atomic E-state index is 12.9. The second-order valence-electron chi connectivity index (χ2n) is 5.64. The van der Waals surface area contributed by atoms with Crippen LogP contribution in [-0.2, 0) is 4.74 Å². The lowest BCUT2D eigenvalue weighted by atomic mass is 9.87. The van der Waals surface area contributed by atoms with E-state index < -0.39 is 23.9 Å². The van der Waals surface area contributed by atoms with Crippen molar-refractivity contribution >= 4 is 5.97 Å². The third kappa shape index (κ3) is 6.10. The molecule has 0 spiro atoms. The number of rotatable bonds is 4. The van der Waals surface area contributed by atoms with Crippen molar-refractivity contribution in [1.29, 1.82) is 5.26 Å². The van der Waals surface area contributed by atoms with E-state index in [9.17, 15) is 22.4 Å². The summed E-state index contributed by atoms with van der Waals surface area (Å²) >= 11 is 0. The lowest BCUT2D eigenvalue weighted by Gasteiger charge is -2.26. The molecule has 1 aromatic rings. The number of ether oxygens (including phenoxy) is 2. The first-order valence-corrected chi connectivity index (χ1v) is 7.61. The smallest absolute Gasteiger partial charge is 0.459 e. The van der Waals surface area contributed by atoms with Crippen LogP contribution in [0, 0.1) is 17.2 Å². The fourth-order valence-corrected chi connectivity index (χ4v) is 2.63. The molecule has 1 fully saturated rings. The summed E-state index contributed by atoms with van der Waals surface area (Å²) in [6, 6.07) is 5.89. The molecule has 0 amide bonds. The van der Waals surface area contributed by atoms with Crippen LogP contribution in [0.1, 0.15) is 36.0 Å². The van der Waals surface area contributed by atoms with Gasteiger partial charge in [0.1, 0.15) is 17.9 Å². The molecule has 1 aromatic carbocycles. The Kier molecular flexibility index (Phi) is 6.02. The van der Waals surface area contributed by atoms with Crippen molar-refractivity contribution in [2.45, 2.75) is 38.1 Å². The highest BCUT2D eigenvalue weighted by molar-refractivity contribution is 5.89. The molecule has 0 radical (unpaired) electrons. The average Bonchev–Trinajstić information content (AvgIpc) is 2.55. The molecule has 25 heavy (non-hydrogen) atoms. The first-order valence-electron chi connectivity index (χ1n) is 7.61. The van der Waals surface area contributed by atoms with Crippen LogP contribution < -0.4 is 4.74 Å². The van der Waals surface area contributed by atoms with Crippen LogP contribution >= 0.6 is 0 Å². The highest BCUT2D eigenvalue weighted by atomic mass is 19.4. The molecule has 134 valence electrons. The molecule has 4 nitrogen and oxygen atoms in total. The summed E-state index contributed by atoms with van der Waals surface area (Å²) in [5.41, 5.74) is 0.118. The molecule has 0 N–H and O–H groups in total. The number of hydrogen-bond donors (Lipinski definition) is 0. The SMILES string of the molecule is N#C/C(F)=C/C1CCC(OC(=O)c2ccc(OC(F)(F)F)cc2)CC1. The van der Waals surface area contributed by atoms with Crippen LogP contribution in [0.15, 0.2) is 36.2 Å². The Labute approximate surface area is 141 Å². The molecule has 0 bridgehead atoms. The summed E-state index contributed by atoms with van der Waals surface area (Å²) in [5.74, 6) is -1.94. The van der Waals surface area contributed by atoms with E-state index in [0.29, 0.717) is 25.7 Å². The number of allylic oxidation sites excluding steroid dienone is 2. The summed E-state index contributed by atoms with van der Waals surface area (Å²) < 4.78 is 58.2. The van der Waals surface area contributed by atoms with Gasteiger partial charge in [0.05, 0.1) is 5.56 Å². The van der Waals surface area contributed by atoms with Gasteiger partial charge in [0.25, 0.3) is 0 Å². The van der Waals surface area contributed by atoms with Gasteiger partial charge >= 0.3 is 12.3 Å². The summed E-state index contributed by atoms with van der Waals surface area (Å²) in [7, 11) is 0. The topological polar surface area (TPSA) is 59.3 Å². The van der Waals surface area contributed by atoms with E-state index in [-0.39, 0.29) is 17.6 Å². The van der Waals surface area contributed by atoms with Gasteiger partial charge in [-0.3, -0.25) is 0 Å². The molecule has 0 heterocycles. The summed E-state index contributed by atoms with van der Waals surface area (Å²) in [6.07, 6.45) is -1.62. The second-order valence-corrected chi connectivity index (χ2v) is 5.64. The minimum Gasteiger partial charge on any atom is -0.459 e. The van der Waals surface area contributed by atoms with Crippen LogP contribution in [0.3, 0.4) is 0 Å². The van der Waals surface area contributed by atoms with Gasteiger partial charge in [-0.2, -0.15) is 9.65 Å². The van der Waals surface area contributed by atoms with Crippen molar-refractivity contribution in [3.8, 4) is 11.8 Å². The van der Waals surface area contributed by atoms with Gasteiger partial charge in [0.2, 0.25) is 0 Å². The highest BCUT2D eigenvalue weighted by Gasteiger charge is 2.31. The highest BCUT2D eigenvalue weighted by Crippen LogP contribution is 2.29. The van der Waals surface area contributed by atoms with Crippen LogP contribution in [0.2, 0.25) is 0 Å². The average molecular weight is 357 g/mol. The number of nitrogens with zero attached hydrogens (tertiary/aromatic N) is 1. The van der Waals surface area contributed by atoms with Gasteiger partial charge in [-0.1, -0.05) is 0 Å². The predicted molar refractivity (Wildman–Crippen MR) is 79.1 cm³/mol. The van der Waals surface area contributed by atoms with Crippen molar-refractivity contribution in [1.82, 2.24) is 0 Å². The number of esters is 1. The quantitative estimate of drug-likeness (QED) is 0.446. The number of nitriles is 1. The number of alkyl halides is 3. The number of carbonyl (C=O) groups is 1. The first kappa shape index (κ1) is 18.8. The van der Waals surface area contributed by atoms with E-state index in [0.717, 1.165) is 12.1 Å². The minimum atomic E-state index is -4.79. The first-order chi connectivity index (χ1) is 11.8. The third-order valence-electron chi connectivity index (χ3n) is 3.81. The van der Waals surface area contributed by atoms with Gasteiger partial charge < -0.3 is 9.47 Å². The number of halogens is 4. The van der Waals surface area contributed by atoms with E-state index in [1.165, 1.54) is 24.3 Å². The van der Waals surface area contributed by atoms with E-state index in [1.807, 2.05) is 0 Å². The second kappa shape index (κ2) is 8.01. The fraction of sp³-hybridized carbons (Fsp3) is 0.412. The summed E-state index contributed by atoms with van der Waals surface area (Å²) in [5, 5.41) is 8.41. The molecule has 0 saturated heterocycles. The Hall–Kier alpha value is -2.56. The largest absolute Gasteiger partial charge is 0.573 e. The summed E-state index contributed by atoms with van der Waals surface area (Å²) in [4.78, 5) is 12.0. The maximum Gasteiger partial charge on any atom is 0.573 e. The Morgan fingerprint density at radius 2 is 1.76 bits per heavy atom. The molecule has 0 aliphatic heterocycles. The van der Waals surface area contributed by atoms with Gasteiger partial charge in [-0.15, -0.1) is 13.2 Å². The number of benzene rings is 1. The van der Waals surface area contributed by atoms with Gasteiger partial charge in [0, 0.05) is 0 Å². The van der Waals surface area contributed by atoms with Crippen molar-refractivity contribution in [2.24, 2.45) is 5.92 Å². The number of carbonyl (C=O) groups excluding carboxylic acids is 1. The Bertz CT molecular complexity index is 669. The summed E-state index contributed by atoms with van der Waals surface area (Å²) in [6.45, 7) is 0. The molecule has 0 atom stereocenters. The molecule has 1 saturated carbocycles. The van der Waals surface area contributed by atoms with Gasteiger partial charge in [-0.25, -0.2) is 4.79 Å². The van der Waals surface area contributed by atoms with Crippen LogP contribution in [0.4, 0.5) is 17.6 Å². The van der Waals surface area contributed by atoms with Crippen LogP contribution in [-0.4, -0.2) is 18.4 Å². The minimum absolute atomic E-state index is 0.0617. The lowest BCUT2D eigenvalue weighted by molar-refractivity contribution is -0.274. The molecular weight excluding hydrogens is 342 g/mol. The molecule has 1 aliphatic carbocycles. The lowest BCUT2D eigenvalue weighted by Crippen LogP contribution is -2.24. The van der Waals surface area contributed by atoms with E-state index >= 15 is 0 Å². The third-order valence-corrected chi connectivity index (χ3v) is 3.81. The molecular formula is C17H15F4NO3. The standard InChI is InChI=1S/C17H15F4NO3/c18-13(10-22)9-11-1-5-14(6-2-11)24-16(23)12-3-7-15(8-4-12)25-17(19,20)21/h3-4,7-9,11,14H,1-2,5-6H2/b13-9-. The predicted octanol–water partition coefficient (Wildman–Crippen LogP) is 4.68. The van der Waals surface area contributed by atoms with E-state index in [1.54, 1.807) is 0 Å². The maximum absolute atomic E-state index is 12.9. The Morgan fingerprint density at radius 1 is 1.16 bits per heavy atom. The molecule has 2 rings (SSSR count). The zero-order valence-electron chi connectivity index (χ0n) is 13.1. The molecule has 0 unspecified atom stereocenters. The Morgan fingerprint density at radius 3 is 2.28 bits per heavy atom. The molecule has 8 heteroatoms.